The molecule has 0 radical (unpaired) electrons. The number of carbonyl (C=O) groups is 1. The zero-order valence-corrected chi connectivity index (χ0v) is 17.6. The Kier molecular flexibility index (Phi) is 6.74. The maximum absolute atomic E-state index is 13.3. The number of para-hydroxylation sites is 1. The molecular formula is C23H23NO5S. The van der Waals surface area contributed by atoms with E-state index in [0.29, 0.717) is 18.1 Å². The van der Waals surface area contributed by atoms with E-state index in [1.165, 1.54) is 24.3 Å². The molecule has 30 heavy (non-hydrogen) atoms. The van der Waals surface area contributed by atoms with E-state index in [0.717, 1.165) is 9.87 Å². The molecule has 7 heteroatoms. The quantitative estimate of drug-likeness (QED) is 0.541. The molecule has 3 aromatic carbocycles. The first-order valence-electron chi connectivity index (χ1n) is 9.47. The predicted molar refractivity (Wildman–Crippen MR) is 115 cm³/mol. The summed E-state index contributed by atoms with van der Waals surface area (Å²) in [6.45, 7) is 3.77. The largest absolute Gasteiger partial charge is 0.494 e. The minimum absolute atomic E-state index is 0.0232. The molecule has 0 aromatic heterocycles. The maximum Gasteiger partial charge on any atom is 0.278 e. The standard InChI is InChI=1S/C23H23NO5S/c1-3-28-21-13-11-19(12-14-21)24(23(25)17-29-20-7-5-4-6-8-20)30(26,27)22-15-9-18(2)10-16-22/h4-16H,3,17H2,1-2H3. The number of anilines is 1. The van der Waals surface area contributed by atoms with Crippen LogP contribution in [0.3, 0.4) is 0 Å². The van der Waals surface area contributed by atoms with Crippen molar-refractivity contribution in [1.82, 2.24) is 0 Å². The monoisotopic (exact) mass is 425 g/mol. The molecule has 0 unspecified atom stereocenters. The Labute approximate surface area is 176 Å². The Balaban J connectivity index is 1.95. The minimum Gasteiger partial charge on any atom is -0.494 e. The molecule has 0 aliphatic rings. The smallest absolute Gasteiger partial charge is 0.278 e. The summed E-state index contributed by atoms with van der Waals surface area (Å²) in [6, 6.07) is 21.4. The van der Waals surface area contributed by atoms with Crippen LogP contribution in [-0.4, -0.2) is 27.5 Å². The average Bonchev–Trinajstić information content (AvgIpc) is 2.75. The predicted octanol–water partition coefficient (Wildman–Crippen LogP) is 4.19. The van der Waals surface area contributed by atoms with Gasteiger partial charge in [-0.2, -0.15) is 4.31 Å². The highest BCUT2D eigenvalue weighted by Gasteiger charge is 2.31. The van der Waals surface area contributed by atoms with Crippen molar-refractivity contribution in [3.8, 4) is 11.5 Å². The highest BCUT2D eigenvalue weighted by Crippen LogP contribution is 2.26. The number of aryl methyl sites for hydroxylation is 1. The number of sulfonamides is 1. The highest BCUT2D eigenvalue weighted by atomic mass is 32.2. The van der Waals surface area contributed by atoms with Gasteiger partial charge in [0.2, 0.25) is 0 Å². The Morgan fingerprint density at radius 3 is 2.03 bits per heavy atom. The molecule has 0 atom stereocenters. The summed E-state index contributed by atoms with van der Waals surface area (Å²) < 4.78 is 38.3. The summed E-state index contributed by atoms with van der Waals surface area (Å²) in [7, 11) is -4.14. The summed E-state index contributed by atoms with van der Waals surface area (Å²) in [5, 5.41) is 0. The lowest BCUT2D eigenvalue weighted by atomic mass is 10.2. The second-order valence-electron chi connectivity index (χ2n) is 6.50. The lowest BCUT2D eigenvalue weighted by Crippen LogP contribution is -2.40. The van der Waals surface area contributed by atoms with Gasteiger partial charge in [0.15, 0.2) is 6.61 Å². The van der Waals surface area contributed by atoms with Gasteiger partial charge in [0.25, 0.3) is 15.9 Å². The first kappa shape index (κ1) is 21.4. The van der Waals surface area contributed by atoms with Crippen LogP contribution >= 0.6 is 0 Å². The number of nitrogens with zero attached hydrogens (tertiary/aromatic N) is 1. The van der Waals surface area contributed by atoms with Crippen LogP contribution in [0.2, 0.25) is 0 Å². The molecule has 0 saturated heterocycles. The molecule has 3 aromatic rings. The van der Waals surface area contributed by atoms with Crippen LogP contribution in [-0.2, 0) is 14.8 Å². The van der Waals surface area contributed by atoms with Gasteiger partial charge in [-0.15, -0.1) is 0 Å². The van der Waals surface area contributed by atoms with Gasteiger partial charge in [-0.05, 0) is 62.4 Å². The van der Waals surface area contributed by atoms with Crippen LogP contribution in [0.25, 0.3) is 0 Å². The summed E-state index contributed by atoms with van der Waals surface area (Å²) >= 11 is 0. The number of carbonyl (C=O) groups excluding carboxylic acids is 1. The molecule has 6 nitrogen and oxygen atoms in total. The first-order valence-corrected chi connectivity index (χ1v) is 10.9. The fourth-order valence-corrected chi connectivity index (χ4v) is 4.21. The Morgan fingerprint density at radius 2 is 1.43 bits per heavy atom. The zero-order valence-electron chi connectivity index (χ0n) is 16.8. The number of hydrogen-bond acceptors (Lipinski definition) is 5. The van der Waals surface area contributed by atoms with Crippen molar-refractivity contribution in [3.63, 3.8) is 0 Å². The third-order valence-electron chi connectivity index (χ3n) is 4.27. The van der Waals surface area contributed by atoms with Crippen LogP contribution in [0.1, 0.15) is 12.5 Å². The number of ether oxygens (including phenoxy) is 2. The van der Waals surface area contributed by atoms with Crippen LogP contribution in [0.4, 0.5) is 5.69 Å². The molecule has 156 valence electrons. The van der Waals surface area contributed by atoms with Crippen molar-refractivity contribution in [2.24, 2.45) is 0 Å². The molecule has 0 aliphatic heterocycles. The zero-order chi connectivity index (χ0) is 21.6. The Hall–Kier alpha value is -3.32. The number of amides is 1. The topological polar surface area (TPSA) is 72.9 Å². The van der Waals surface area contributed by atoms with Crippen molar-refractivity contribution >= 4 is 21.6 Å². The first-order chi connectivity index (χ1) is 14.4. The van der Waals surface area contributed by atoms with Gasteiger partial charge in [-0.3, -0.25) is 4.79 Å². The van der Waals surface area contributed by atoms with Gasteiger partial charge in [0.1, 0.15) is 11.5 Å². The van der Waals surface area contributed by atoms with E-state index in [2.05, 4.69) is 0 Å². The van der Waals surface area contributed by atoms with E-state index in [1.54, 1.807) is 48.5 Å². The molecule has 1 amide bonds. The van der Waals surface area contributed by atoms with Gasteiger partial charge in [-0.1, -0.05) is 35.9 Å². The molecule has 0 N–H and O–H groups in total. The van der Waals surface area contributed by atoms with Gasteiger partial charge >= 0.3 is 0 Å². The van der Waals surface area contributed by atoms with Crippen molar-refractivity contribution in [1.29, 1.82) is 0 Å². The molecule has 0 bridgehead atoms. The molecule has 0 heterocycles. The summed E-state index contributed by atoms with van der Waals surface area (Å²) in [5.41, 5.74) is 1.13. The summed E-state index contributed by atoms with van der Waals surface area (Å²) in [4.78, 5) is 13.0. The van der Waals surface area contributed by atoms with Gasteiger partial charge < -0.3 is 9.47 Å². The number of hydrogen-bond donors (Lipinski definition) is 0. The van der Waals surface area contributed by atoms with Crippen molar-refractivity contribution in [3.05, 3.63) is 84.4 Å². The minimum atomic E-state index is -4.14. The third kappa shape index (κ3) is 4.99. The normalized spacial score (nSPS) is 11.0. The fraction of sp³-hybridized carbons (Fsp3) is 0.174. The van der Waals surface area contributed by atoms with Crippen LogP contribution < -0.4 is 13.8 Å². The average molecular weight is 426 g/mol. The molecule has 0 saturated carbocycles. The van der Waals surface area contributed by atoms with Crippen molar-refractivity contribution < 1.29 is 22.7 Å². The van der Waals surface area contributed by atoms with Crippen LogP contribution in [0.5, 0.6) is 11.5 Å². The molecule has 3 rings (SSSR count). The van der Waals surface area contributed by atoms with Gasteiger partial charge in [0, 0.05) is 0 Å². The number of benzene rings is 3. The lowest BCUT2D eigenvalue weighted by molar-refractivity contribution is -0.119. The lowest BCUT2D eigenvalue weighted by Gasteiger charge is -2.23. The van der Waals surface area contributed by atoms with Crippen LogP contribution in [0.15, 0.2) is 83.8 Å². The van der Waals surface area contributed by atoms with Crippen molar-refractivity contribution in [2.75, 3.05) is 17.5 Å². The van der Waals surface area contributed by atoms with E-state index in [1.807, 2.05) is 19.9 Å². The maximum atomic E-state index is 13.3. The van der Waals surface area contributed by atoms with E-state index in [-0.39, 0.29) is 10.6 Å². The van der Waals surface area contributed by atoms with Gasteiger partial charge in [0.05, 0.1) is 17.2 Å². The van der Waals surface area contributed by atoms with E-state index in [4.69, 9.17) is 9.47 Å². The van der Waals surface area contributed by atoms with Crippen LogP contribution in [0, 0.1) is 6.92 Å². The fourth-order valence-electron chi connectivity index (χ4n) is 2.80. The number of rotatable bonds is 8. The highest BCUT2D eigenvalue weighted by molar-refractivity contribution is 7.93. The van der Waals surface area contributed by atoms with Gasteiger partial charge in [-0.25, -0.2) is 8.42 Å². The van der Waals surface area contributed by atoms with Crippen molar-refractivity contribution in [2.45, 2.75) is 18.7 Å². The van der Waals surface area contributed by atoms with E-state index >= 15 is 0 Å². The SMILES string of the molecule is CCOc1ccc(N(C(=O)COc2ccccc2)S(=O)(=O)c2ccc(C)cc2)cc1. The summed E-state index contributed by atoms with van der Waals surface area (Å²) in [6.07, 6.45) is 0. The second-order valence-corrected chi connectivity index (χ2v) is 8.29. The molecule has 0 spiro atoms. The second kappa shape index (κ2) is 9.45. The van der Waals surface area contributed by atoms with E-state index < -0.39 is 22.5 Å². The molecule has 0 fully saturated rings. The third-order valence-corrected chi connectivity index (χ3v) is 6.04. The Bertz CT molecular complexity index is 1080. The summed E-state index contributed by atoms with van der Waals surface area (Å²) in [5.74, 6) is 0.357. The molecule has 0 aliphatic carbocycles. The van der Waals surface area contributed by atoms with E-state index in [9.17, 15) is 13.2 Å². The molecular weight excluding hydrogens is 402 g/mol. The Morgan fingerprint density at radius 1 is 0.833 bits per heavy atom.